The SMILES string of the molecule is CCOc1ccccc1/C=C1/N=C(c2cc(I)ccc2Cl)OC1=O. The highest BCUT2D eigenvalue weighted by molar-refractivity contribution is 14.1. The number of carbonyl (C=O) groups excluding carboxylic acids is 1. The number of cyclic esters (lactones) is 1. The monoisotopic (exact) mass is 453 g/mol. The molecule has 2 aromatic carbocycles. The van der Waals surface area contributed by atoms with Crippen LogP contribution in [0, 0.1) is 3.57 Å². The van der Waals surface area contributed by atoms with Gasteiger partial charge in [0.05, 0.1) is 17.2 Å². The number of benzene rings is 2. The van der Waals surface area contributed by atoms with E-state index < -0.39 is 5.97 Å². The molecule has 0 atom stereocenters. The number of halogens is 2. The Morgan fingerprint density at radius 2 is 2.08 bits per heavy atom. The second kappa shape index (κ2) is 7.36. The Labute approximate surface area is 158 Å². The first-order chi connectivity index (χ1) is 11.6. The molecule has 1 heterocycles. The van der Waals surface area contributed by atoms with Crippen molar-refractivity contribution in [3.8, 4) is 5.75 Å². The van der Waals surface area contributed by atoms with Crippen LogP contribution in [0.5, 0.6) is 5.75 Å². The van der Waals surface area contributed by atoms with Gasteiger partial charge < -0.3 is 9.47 Å². The lowest BCUT2D eigenvalue weighted by atomic mass is 10.1. The van der Waals surface area contributed by atoms with Crippen LogP contribution in [0.4, 0.5) is 0 Å². The Morgan fingerprint density at radius 1 is 1.29 bits per heavy atom. The first-order valence-corrected chi connectivity index (χ1v) is 8.74. The zero-order valence-corrected chi connectivity index (χ0v) is 15.7. The van der Waals surface area contributed by atoms with E-state index >= 15 is 0 Å². The van der Waals surface area contributed by atoms with Gasteiger partial charge in [0.1, 0.15) is 5.75 Å². The number of hydrogen-bond donors (Lipinski definition) is 0. The fourth-order valence-corrected chi connectivity index (χ4v) is 2.91. The molecule has 1 aliphatic rings. The van der Waals surface area contributed by atoms with Gasteiger partial charge in [0.2, 0.25) is 5.90 Å². The van der Waals surface area contributed by atoms with Crippen molar-refractivity contribution in [2.24, 2.45) is 4.99 Å². The standard InChI is InChI=1S/C18H13ClINO3/c1-2-23-16-6-4-3-5-11(16)9-15-18(22)24-17(21-15)13-10-12(20)7-8-14(13)19/h3-10H,2H2,1H3/b15-9+. The third-order valence-electron chi connectivity index (χ3n) is 3.29. The quantitative estimate of drug-likeness (QED) is 0.383. The van der Waals surface area contributed by atoms with Crippen LogP contribution in [-0.4, -0.2) is 18.5 Å². The van der Waals surface area contributed by atoms with Gasteiger partial charge in [-0.1, -0.05) is 29.8 Å². The van der Waals surface area contributed by atoms with Gasteiger partial charge in [-0.25, -0.2) is 9.79 Å². The largest absolute Gasteiger partial charge is 0.493 e. The highest BCUT2D eigenvalue weighted by atomic mass is 127. The van der Waals surface area contributed by atoms with Gasteiger partial charge in [0.25, 0.3) is 0 Å². The first-order valence-electron chi connectivity index (χ1n) is 7.28. The summed E-state index contributed by atoms with van der Waals surface area (Å²) in [5.41, 5.74) is 1.58. The number of hydrogen-bond acceptors (Lipinski definition) is 4. The predicted molar refractivity (Wildman–Crippen MR) is 102 cm³/mol. The number of aliphatic imine (C=N–C) groups is 1. The minimum atomic E-state index is -0.508. The summed E-state index contributed by atoms with van der Waals surface area (Å²) in [7, 11) is 0. The lowest BCUT2D eigenvalue weighted by Crippen LogP contribution is -2.06. The molecule has 0 radical (unpaired) electrons. The molecular weight excluding hydrogens is 441 g/mol. The Bertz CT molecular complexity index is 861. The van der Waals surface area contributed by atoms with E-state index in [2.05, 4.69) is 27.6 Å². The smallest absolute Gasteiger partial charge is 0.363 e. The number of para-hydroxylation sites is 1. The molecule has 0 saturated heterocycles. The molecule has 0 fully saturated rings. The van der Waals surface area contributed by atoms with Crippen molar-refractivity contribution in [1.29, 1.82) is 0 Å². The molecule has 2 aromatic rings. The van der Waals surface area contributed by atoms with Gasteiger partial charge in [-0.05, 0) is 59.9 Å². The van der Waals surface area contributed by atoms with E-state index in [1.165, 1.54) is 0 Å². The number of esters is 1. The summed E-state index contributed by atoms with van der Waals surface area (Å²) >= 11 is 8.35. The molecular formula is C18H13ClINO3. The Balaban J connectivity index is 1.99. The summed E-state index contributed by atoms with van der Waals surface area (Å²) in [6, 6.07) is 12.9. The molecule has 0 aromatic heterocycles. The van der Waals surface area contributed by atoms with Crippen molar-refractivity contribution in [2.75, 3.05) is 6.61 Å². The molecule has 0 aliphatic carbocycles. The fourth-order valence-electron chi connectivity index (χ4n) is 2.22. The van der Waals surface area contributed by atoms with E-state index in [1.807, 2.05) is 43.3 Å². The zero-order valence-electron chi connectivity index (χ0n) is 12.8. The summed E-state index contributed by atoms with van der Waals surface area (Å²) in [6.45, 7) is 2.44. The van der Waals surface area contributed by atoms with Crippen LogP contribution in [0.1, 0.15) is 18.1 Å². The van der Waals surface area contributed by atoms with E-state index in [1.54, 1.807) is 12.1 Å². The lowest BCUT2D eigenvalue weighted by Gasteiger charge is -2.06. The van der Waals surface area contributed by atoms with Crippen LogP contribution in [-0.2, 0) is 9.53 Å². The normalized spacial score (nSPS) is 15.4. The maximum atomic E-state index is 12.1. The van der Waals surface area contributed by atoms with E-state index in [9.17, 15) is 4.79 Å². The Morgan fingerprint density at radius 3 is 2.88 bits per heavy atom. The average molecular weight is 454 g/mol. The maximum absolute atomic E-state index is 12.1. The van der Waals surface area contributed by atoms with Gasteiger partial charge >= 0.3 is 5.97 Å². The lowest BCUT2D eigenvalue weighted by molar-refractivity contribution is -0.129. The van der Waals surface area contributed by atoms with Crippen LogP contribution >= 0.6 is 34.2 Å². The van der Waals surface area contributed by atoms with Crippen molar-refractivity contribution in [2.45, 2.75) is 6.92 Å². The molecule has 0 saturated carbocycles. The highest BCUT2D eigenvalue weighted by Gasteiger charge is 2.26. The van der Waals surface area contributed by atoms with Crippen LogP contribution in [0.15, 0.2) is 53.2 Å². The van der Waals surface area contributed by atoms with E-state index in [4.69, 9.17) is 21.1 Å². The molecule has 4 nitrogen and oxygen atoms in total. The van der Waals surface area contributed by atoms with Crippen molar-refractivity contribution >= 4 is 52.1 Å². The minimum absolute atomic E-state index is 0.212. The van der Waals surface area contributed by atoms with Crippen LogP contribution < -0.4 is 4.74 Å². The van der Waals surface area contributed by atoms with Crippen molar-refractivity contribution in [1.82, 2.24) is 0 Å². The van der Waals surface area contributed by atoms with Gasteiger partial charge in [-0.3, -0.25) is 0 Å². The minimum Gasteiger partial charge on any atom is -0.493 e. The van der Waals surface area contributed by atoms with E-state index in [-0.39, 0.29) is 11.6 Å². The highest BCUT2D eigenvalue weighted by Crippen LogP contribution is 2.27. The van der Waals surface area contributed by atoms with Crippen molar-refractivity contribution in [3.63, 3.8) is 0 Å². The summed E-state index contributed by atoms with van der Waals surface area (Å²) in [5.74, 6) is 0.395. The number of ether oxygens (including phenoxy) is 2. The second-order valence-corrected chi connectivity index (χ2v) is 6.58. The topological polar surface area (TPSA) is 47.9 Å². The van der Waals surface area contributed by atoms with E-state index in [0.717, 1.165) is 9.13 Å². The molecule has 6 heteroatoms. The third kappa shape index (κ3) is 3.62. The molecule has 3 rings (SSSR count). The summed E-state index contributed by atoms with van der Waals surface area (Å²) in [4.78, 5) is 16.4. The molecule has 1 aliphatic heterocycles. The van der Waals surface area contributed by atoms with Crippen LogP contribution in [0.2, 0.25) is 5.02 Å². The zero-order chi connectivity index (χ0) is 17.1. The average Bonchev–Trinajstić information content (AvgIpc) is 2.92. The van der Waals surface area contributed by atoms with Crippen molar-refractivity contribution in [3.05, 3.63) is 67.9 Å². The maximum Gasteiger partial charge on any atom is 0.363 e. The van der Waals surface area contributed by atoms with Gasteiger partial charge in [0, 0.05) is 9.13 Å². The number of nitrogens with zero attached hydrogens (tertiary/aromatic N) is 1. The Hall–Kier alpha value is -1.86. The van der Waals surface area contributed by atoms with Gasteiger partial charge in [-0.2, -0.15) is 0 Å². The Kier molecular flexibility index (Phi) is 5.20. The fraction of sp³-hybridized carbons (Fsp3) is 0.111. The van der Waals surface area contributed by atoms with E-state index in [0.29, 0.717) is 22.9 Å². The molecule has 0 N–H and O–H groups in total. The molecule has 0 amide bonds. The van der Waals surface area contributed by atoms with Gasteiger partial charge in [-0.15, -0.1) is 0 Å². The predicted octanol–water partition coefficient (Wildman–Crippen LogP) is 4.69. The summed E-state index contributed by atoms with van der Waals surface area (Å²) in [5, 5.41) is 0.484. The number of carbonyl (C=O) groups is 1. The van der Waals surface area contributed by atoms with Crippen molar-refractivity contribution < 1.29 is 14.3 Å². The molecule has 24 heavy (non-hydrogen) atoms. The second-order valence-electron chi connectivity index (χ2n) is 4.93. The molecule has 0 unspecified atom stereocenters. The molecule has 122 valence electrons. The van der Waals surface area contributed by atoms with Crippen LogP contribution in [0.25, 0.3) is 6.08 Å². The number of rotatable bonds is 4. The first kappa shape index (κ1) is 17.0. The van der Waals surface area contributed by atoms with Crippen LogP contribution in [0.3, 0.4) is 0 Å². The molecule has 0 bridgehead atoms. The molecule has 0 spiro atoms. The third-order valence-corrected chi connectivity index (χ3v) is 4.29. The summed E-state index contributed by atoms with van der Waals surface area (Å²) < 4.78 is 11.8. The summed E-state index contributed by atoms with van der Waals surface area (Å²) in [6.07, 6.45) is 1.65. The van der Waals surface area contributed by atoms with Gasteiger partial charge in [0.15, 0.2) is 5.70 Å².